The summed E-state index contributed by atoms with van der Waals surface area (Å²) in [6, 6.07) is 5.49. The van der Waals surface area contributed by atoms with Crippen LogP contribution in [0.5, 0.6) is 5.75 Å². The van der Waals surface area contributed by atoms with Gasteiger partial charge in [-0.2, -0.15) is 8.78 Å². The van der Waals surface area contributed by atoms with Crippen LogP contribution in [0.25, 0.3) is 0 Å². The van der Waals surface area contributed by atoms with Crippen LogP contribution < -0.4 is 4.74 Å². The second-order valence-electron chi connectivity index (χ2n) is 8.98. The molecule has 0 atom stereocenters. The van der Waals surface area contributed by atoms with Gasteiger partial charge in [-0.05, 0) is 50.2 Å². The van der Waals surface area contributed by atoms with E-state index in [-0.39, 0.29) is 37.5 Å². The fourth-order valence-electron chi connectivity index (χ4n) is 4.69. The van der Waals surface area contributed by atoms with E-state index in [0.717, 1.165) is 0 Å². The largest absolute Gasteiger partial charge is 0.432 e. The maximum Gasteiger partial charge on any atom is 0.400 e. The van der Waals surface area contributed by atoms with E-state index in [9.17, 15) is 26.3 Å². The lowest BCUT2D eigenvalue weighted by molar-refractivity contribution is -0.222. The van der Waals surface area contributed by atoms with Gasteiger partial charge in [0, 0.05) is 23.6 Å². The first-order valence-corrected chi connectivity index (χ1v) is 11.5. The highest BCUT2D eigenvalue weighted by Gasteiger charge is 2.44. The van der Waals surface area contributed by atoms with E-state index in [1.807, 2.05) is 19.1 Å². The Hall–Kier alpha value is -2.52. The van der Waals surface area contributed by atoms with Gasteiger partial charge in [0.1, 0.15) is 11.6 Å². The van der Waals surface area contributed by atoms with Crippen LogP contribution >= 0.6 is 0 Å². The first-order valence-electron chi connectivity index (χ1n) is 11.5. The summed E-state index contributed by atoms with van der Waals surface area (Å²) in [7, 11) is 0. The molecule has 1 heterocycles. The van der Waals surface area contributed by atoms with Crippen molar-refractivity contribution < 1.29 is 40.6 Å². The molecular formula is C26H26F6O3. The summed E-state index contributed by atoms with van der Waals surface area (Å²) in [6.07, 6.45) is 0.142. The number of allylic oxidation sites excluding steroid dienone is 1. The molecule has 2 fully saturated rings. The lowest BCUT2D eigenvalue weighted by atomic mass is 9.78. The summed E-state index contributed by atoms with van der Waals surface area (Å²) in [5.74, 6) is -7.56. The molecule has 0 spiro atoms. The molecule has 2 aliphatic rings. The lowest BCUT2D eigenvalue weighted by Crippen LogP contribution is -2.37. The monoisotopic (exact) mass is 500 g/mol. The summed E-state index contributed by atoms with van der Waals surface area (Å²) >= 11 is 0. The Bertz CT molecular complexity index is 1030. The zero-order valence-electron chi connectivity index (χ0n) is 19.1. The van der Waals surface area contributed by atoms with Gasteiger partial charge >= 0.3 is 6.11 Å². The third-order valence-electron chi connectivity index (χ3n) is 6.54. The summed E-state index contributed by atoms with van der Waals surface area (Å²) < 4.78 is 99.8. The van der Waals surface area contributed by atoms with E-state index in [4.69, 9.17) is 9.47 Å². The van der Waals surface area contributed by atoms with Gasteiger partial charge < -0.3 is 14.2 Å². The molecule has 1 saturated heterocycles. The number of halogens is 6. The Labute approximate surface area is 199 Å². The van der Waals surface area contributed by atoms with Gasteiger partial charge in [0.25, 0.3) is 0 Å². The van der Waals surface area contributed by atoms with Crippen molar-refractivity contribution in [3.63, 3.8) is 0 Å². The van der Waals surface area contributed by atoms with Gasteiger partial charge in [-0.3, -0.25) is 0 Å². The molecule has 1 aliphatic heterocycles. The van der Waals surface area contributed by atoms with E-state index in [0.29, 0.717) is 36.5 Å². The summed E-state index contributed by atoms with van der Waals surface area (Å²) in [5, 5.41) is 0. The van der Waals surface area contributed by atoms with Gasteiger partial charge in [0.15, 0.2) is 23.7 Å². The third-order valence-corrected chi connectivity index (χ3v) is 6.54. The van der Waals surface area contributed by atoms with Gasteiger partial charge in [0.2, 0.25) is 0 Å². The van der Waals surface area contributed by atoms with Crippen LogP contribution in [0, 0.1) is 35.1 Å². The van der Waals surface area contributed by atoms with Crippen molar-refractivity contribution in [2.24, 2.45) is 11.8 Å². The van der Waals surface area contributed by atoms with Crippen molar-refractivity contribution in [3.8, 4) is 5.75 Å². The van der Waals surface area contributed by atoms with Crippen molar-refractivity contribution in [1.82, 2.24) is 0 Å². The zero-order chi connectivity index (χ0) is 25.2. The SMILES string of the molecule is C/C=C/C1COC(c2ccc(C3CCC(C(F)(F)Oc4cc(F)c(F)c(F)c4)CC3)c(F)c2)OC1. The highest BCUT2D eigenvalue weighted by Crippen LogP contribution is 2.44. The number of benzene rings is 2. The molecular weight excluding hydrogens is 474 g/mol. The van der Waals surface area contributed by atoms with Crippen molar-refractivity contribution in [1.29, 1.82) is 0 Å². The van der Waals surface area contributed by atoms with Gasteiger partial charge in [-0.25, -0.2) is 17.6 Å². The molecule has 190 valence electrons. The average molecular weight is 500 g/mol. The zero-order valence-corrected chi connectivity index (χ0v) is 19.1. The molecule has 0 unspecified atom stereocenters. The maximum absolute atomic E-state index is 14.9. The first-order chi connectivity index (χ1) is 16.7. The summed E-state index contributed by atoms with van der Waals surface area (Å²) in [5.41, 5.74) is 0.985. The van der Waals surface area contributed by atoms with Crippen LogP contribution in [0.2, 0.25) is 0 Å². The van der Waals surface area contributed by atoms with E-state index >= 15 is 0 Å². The fraction of sp³-hybridized carbons (Fsp3) is 0.462. The fourth-order valence-corrected chi connectivity index (χ4v) is 4.69. The number of hydrogen-bond acceptors (Lipinski definition) is 3. The molecule has 0 aromatic heterocycles. The molecule has 2 aromatic carbocycles. The standard InChI is InChI=1S/C26H26F6O3/c1-2-3-15-13-33-25(34-14-15)17-6-9-20(21(27)10-17)16-4-7-18(8-5-16)26(31,32)35-19-11-22(28)24(30)23(29)12-19/h2-3,6,9-12,15-16,18,25H,4-5,7-8,13-14H2,1H3/b3-2+. The van der Waals surface area contributed by atoms with Crippen LogP contribution in [0.4, 0.5) is 26.3 Å². The Morgan fingerprint density at radius 1 is 0.886 bits per heavy atom. The second-order valence-corrected chi connectivity index (χ2v) is 8.98. The highest BCUT2D eigenvalue weighted by molar-refractivity contribution is 5.29. The molecule has 0 bridgehead atoms. The van der Waals surface area contributed by atoms with Crippen LogP contribution in [-0.4, -0.2) is 19.3 Å². The predicted molar refractivity (Wildman–Crippen MR) is 116 cm³/mol. The van der Waals surface area contributed by atoms with Gasteiger partial charge in [-0.1, -0.05) is 24.3 Å². The molecule has 3 nitrogen and oxygen atoms in total. The van der Waals surface area contributed by atoms with E-state index in [2.05, 4.69) is 4.74 Å². The van der Waals surface area contributed by atoms with E-state index in [1.165, 1.54) is 6.07 Å². The smallest absolute Gasteiger partial charge is 0.400 e. The van der Waals surface area contributed by atoms with Gasteiger partial charge in [-0.15, -0.1) is 0 Å². The number of alkyl halides is 2. The highest BCUT2D eigenvalue weighted by atomic mass is 19.3. The van der Waals surface area contributed by atoms with Crippen LogP contribution in [0.3, 0.4) is 0 Å². The molecule has 4 rings (SSSR count). The Kier molecular flexibility index (Phi) is 7.76. The number of rotatable bonds is 6. The molecule has 0 radical (unpaired) electrons. The molecule has 2 aromatic rings. The van der Waals surface area contributed by atoms with Crippen molar-refractivity contribution in [2.75, 3.05) is 13.2 Å². The van der Waals surface area contributed by atoms with Gasteiger partial charge in [0.05, 0.1) is 19.1 Å². The maximum atomic E-state index is 14.9. The minimum atomic E-state index is -3.72. The Morgan fingerprint density at radius 2 is 1.51 bits per heavy atom. The lowest BCUT2D eigenvalue weighted by Gasteiger charge is -2.33. The minimum absolute atomic E-state index is 0.0200. The third kappa shape index (κ3) is 5.83. The predicted octanol–water partition coefficient (Wildman–Crippen LogP) is 7.43. The second kappa shape index (κ2) is 10.6. The number of ether oxygens (including phenoxy) is 3. The molecule has 0 N–H and O–H groups in total. The Balaban J connectivity index is 1.36. The van der Waals surface area contributed by atoms with Crippen LogP contribution in [0.15, 0.2) is 42.5 Å². The van der Waals surface area contributed by atoms with Crippen molar-refractivity contribution in [3.05, 3.63) is 76.9 Å². The minimum Gasteiger partial charge on any atom is -0.432 e. The van der Waals surface area contributed by atoms with E-state index < -0.39 is 47.3 Å². The average Bonchev–Trinajstić information content (AvgIpc) is 2.83. The normalized spacial score (nSPS) is 25.7. The Morgan fingerprint density at radius 3 is 2.09 bits per heavy atom. The summed E-state index contributed by atoms with van der Waals surface area (Å²) in [6.45, 7) is 2.85. The van der Waals surface area contributed by atoms with Crippen LogP contribution in [-0.2, 0) is 9.47 Å². The van der Waals surface area contributed by atoms with Crippen molar-refractivity contribution >= 4 is 0 Å². The van der Waals surface area contributed by atoms with Crippen molar-refractivity contribution in [2.45, 2.75) is 50.9 Å². The summed E-state index contributed by atoms with van der Waals surface area (Å²) in [4.78, 5) is 0. The first kappa shape index (κ1) is 25.6. The molecule has 35 heavy (non-hydrogen) atoms. The number of hydrogen-bond donors (Lipinski definition) is 0. The topological polar surface area (TPSA) is 27.7 Å². The molecule has 1 aliphatic carbocycles. The molecule has 0 amide bonds. The molecule has 9 heteroatoms. The molecule has 1 saturated carbocycles. The van der Waals surface area contributed by atoms with Crippen LogP contribution in [0.1, 0.15) is 55.9 Å². The van der Waals surface area contributed by atoms with E-state index in [1.54, 1.807) is 12.1 Å². The quantitative estimate of drug-likeness (QED) is 0.235.